The predicted molar refractivity (Wildman–Crippen MR) is 96.5 cm³/mol. The lowest BCUT2D eigenvalue weighted by atomic mass is 10.0. The van der Waals surface area contributed by atoms with Crippen molar-refractivity contribution in [2.45, 2.75) is 20.3 Å². The van der Waals surface area contributed by atoms with Crippen LogP contribution in [0.25, 0.3) is 21.8 Å². The molecule has 2 aromatic carbocycles. The number of fused-ring (bicyclic) bond motifs is 3. The van der Waals surface area contributed by atoms with E-state index >= 15 is 0 Å². The van der Waals surface area contributed by atoms with Gasteiger partial charge in [0.15, 0.2) is 0 Å². The van der Waals surface area contributed by atoms with Crippen molar-refractivity contribution in [3.63, 3.8) is 0 Å². The molecule has 0 saturated carbocycles. The van der Waals surface area contributed by atoms with Gasteiger partial charge in [0.05, 0.1) is 24.4 Å². The molecule has 5 heteroatoms. The van der Waals surface area contributed by atoms with E-state index in [1.54, 1.807) is 7.11 Å². The summed E-state index contributed by atoms with van der Waals surface area (Å²) in [6.07, 6.45) is 3.89. The Morgan fingerprint density at radius 1 is 1.25 bits per heavy atom. The number of phenols is 1. The number of ether oxygens (including phenoxy) is 1. The van der Waals surface area contributed by atoms with Gasteiger partial charge in [0, 0.05) is 28.0 Å². The normalized spacial score (nSPS) is 11.5. The molecule has 0 aliphatic carbocycles. The zero-order valence-electron chi connectivity index (χ0n) is 13.9. The van der Waals surface area contributed by atoms with E-state index in [9.17, 15) is 5.11 Å². The van der Waals surface area contributed by atoms with Gasteiger partial charge in [-0.05, 0) is 38.5 Å². The first-order chi connectivity index (χ1) is 11.5. The fourth-order valence-corrected chi connectivity index (χ4v) is 2.90. The summed E-state index contributed by atoms with van der Waals surface area (Å²) < 4.78 is 5.28. The van der Waals surface area contributed by atoms with Gasteiger partial charge in [0.25, 0.3) is 0 Å². The highest BCUT2D eigenvalue weighted by Gasteiger charge is 2.15. The van der Waals surface area contributed by atoms with Crippen LogP contribution in [0.1, 0.15) is 25.0 Å². The SMILES string of the molecule is COc1ccc2c(c1)[nH]c1c(CC=C(C)C)c(O)c(/C=N\O)cc12. The van der Waals surface area contributed by atoms with E-state index in [1.165, 1.54) is 11.8 Å². The van der Waals surface area contributed by atoms with Crippen molar-refractivity contribution in [1.29, 1.82) is 0 Å². The molecule has 0 amide bonds. The first-order valence-electron chi connectivity index (χ1n) is 7.70. The van der Waals surface area contributed by atoms with Crippen LogP contribution in [0.4, 0.5) is 0 Å². The molecular formula is C19H20N2O3. The second-order valence-electron chi connectivity index (χ2n) is 5.98. The minimum atomic E-state index is 0.122. The molecule has 3 rings (SSSR count). The van der Waals surface area contributed by atoms with E-state index in [0.717, 1.165) is 33.1 Å². The molecular weight excluding hydrogens is 304 g/mol. The first kappa shape index (κ1) is 15.9. The third-order valence-electron chi connectivity index (χ3n) is 4.12. The Kier molecular flexibility index (Phi) is 4.16. The van der Waals surface area contributed by atoms with Crippen molar-refractivity contribution in [3.8, 4) is 11.5 Å². The van der Waals surface area contributed by atoms with Crippen LogP contribution in [0.15, 0.2) is 41.1 Å². The highest BCUT2D eigenvalue weighted by Crippen LogP contribution is 2.36. The summed E-state index contributed by atoms with van der Waals surface area (Å²) in [6, 6.07) is 7.63. The van der Waals surface area contributed by atoms with Gasteiger partial charge in [0.1, 0.15) is 11.5 Å². The van der Waals surface area contributed by atoms with Crippen molar-refractivity contribution >= 4 is 28.0 Å². The van der Waals surface area contributed by atoms with E-state index in [4.69, 9.17) is 9.94 Å². The Labute approximate surface area is 139 Å². The van der Waals surface area contributed by atoms with Gasteiger partial charge in [-0.1, -0.05) is 16.8 Å². The number of phenolic OH excluding ortho intramolecular Hbond substituents is 1. The van der Waals surface area contributed by atoms with Gasteiger partial charge in [-0.3, -0.25) is 0 Å². The second kappa shape index (κ2) is 6.28. The highest BCUT2D eigenvalue weighted by atomic mass is 16.5. The molecule has 3 aromatic rings. The number of H-pyrrole nitrogens is 1. The van der Waals surface area contributed by atoms with Crippen molar-refractivity contribution in [2.75, 3.05) is 7.11 Å². The summed E-state index contributed by atoms with van der Waals surface area (Å²) in [5.74, 6) is 0.887. The summed E-state index contributed by atoms with van der Waals surface area (Å²) >= 11 is 0. The van der Waals surface area contributed by atoms with Crippen LogP contribution in [0.2, 0.25) is 0 Å². The number of nitrogens with zero attached hydrogens (tertiary/aromatic N) is 1. The molecule has 1 heterocycles. The number of rotatable bonds is 4. The number of allylic oxidation sites excluding steroid dienone is 2. The maximum absolute atomic E-state index is 10.6. The Hall–Kier alpha value is -2.95. The fourth-order valence-electron chi connectivity index (χ4n) is 2.90. The predicted octanol–water partition coefficient (Wildman–Crippen LogP) is 4.35. The zero-order chi connectivity index (χ0) is 17.3. The smallest absolute Gasteiger partial charge is 0.130 e. The van der Waals surface area contributed by atoms with Gasteiger partial charge < -0.3 is 20.0 Å². The Morgan fingerprint density at radius 2 is 2.04 bits per heavy atom. The minimum absolute atomic E-state index is 0.122. The highest BCUT2D eigenvalue weighted by molar-refractivity contribution is 6.11. The molecule has 5 nitrogen and oxygen atoms in total. The van der Waals surface area contributed by atoms with Gasteiger partial charge in [-0.15, -0.1) is 0 Å². The third kappa shape index (κ3) is 2.69. The lowest BCUT2D eigenvalue weighted by molar-refractivity contribution is 0.321. The quantitative estimate of drug-likeness (QED) is 0.289. The Balaban J connectivity index is 2.35. The maximum Gasteiger partial charge on any atom is 0.130 e. The molecule has 0 aliphatic heterocycles. The van der Waals surface area contributed by atoms with Gasteiger partial charge in [-0.25, -0.2) is 0 Å². The molecule has 0 fully saturated rings. The molecule has 124 valence electrons. The number of aromatic amines is 1. The second-order valence-corrected chi connectivity index (χ2v) is 5.98. The number of aromatic hydroxyl groups is 1. The van der Waals surface area contributed by atoms with E-state index in [0.29, 0.717) is 12.0 Å². The average molecular weight is 324 g/mol. The number of hydrogen-bond donors (Lipinski definition) is 3. The van der Waals surface area contributed by atoms with E-state index < -0.39 is 0 Å². The standard InChI is InChI=1S/C19H20N2O3/c1-11(2)4-6-15-18-16(8-12(10-20-23)19(15)22)14-7-5-13(24-3)9-17(14)21-18/h4-5,7-10,21-23H,6H2,1-3H3/b20-10-. The topological polar surface area (TPSA) is 77.8 Å². The summed E-state index contributed by atoms with van der Waals surface area (Å²) in [4.78, 5) is 3.38. The largest absolute Gasteiger partial charge is 0.507 e. The van der Waals surface area contributed by atoms with Crippen molar-refractivity contribution in [2.24, 2.45) is 5.16 Å². The average Bonchev–Trinajstić information content (AvgIpc) is 2.92. The van der Waals surface area contributed by atoms with Crippen molar-refractivity contribution < 1.29 is 15.1 Å². The Bertz CT molecular complexity index is 964. The summed E-state index contributed by atoms with van der Waals surface area (Å²) in [5.41, 5.74) is 4.24. The van der Waals surface area contributed by atoms with E-state index in [2.05, 4.69) is 16.2 Å². The zero-order valence-corrected chi connectivity index (χ0v) is 13.9. The number of benzene rings is 2. The number of methoxy groups -OCH3 is 1. The molecule has 24 heavy (non-hydrogen) atoms. The number of nitrogens with one attached hydrogen (secondary N) is 1. The van der Waals surface area contributed by atoms with Gasteiger partial charge in [-0.2, -0.15) is 0 Å². The molecule has 0 saturated heterocycles. The summed E-state index contributed by atoms with van der Waals surface area (Å²) in [7, 11) is 1.63. The van der Waals surface area contributed by atoms with E-state index in [1.807, 2.05) is 38.1 Å². The van der Waals surface area contributed by atoms with Gasteiger partial charge >= 0.3 is 0 Å². The Morgan fingerprint density at radius 3 is 2.71 bits per heavy atom. The third-order valence-corrected chi connectivity index (χ3v) is 4.12. The van der Waals surface area contributed by atoms with Crippen molar-refractivity contribution in [1.82, 2.24) is 4.98 Å². The van der Waals surface area contributed by atoms with Crippen LogP contribution in [0.5, 0.6) is 11.5 Å². The van der Waals surface area contributed by atoms with Crippen molar-refractivity contribution in [3.05, 3.63) is 47.0 Å². The van der Waals surface area contributed by atoms with Crippen LogP contribution in [-0.2, 0) is 6.42 Å². The fraction of sp³-hybridized carbons (Fsp3) is 0.211. The van der Waals surface area contributed by atoms with Crippen LogP contribution < -0.4 is 4.74 Å². The number of hydrogen-bond acceptors (Lipinski definition) is 4. The molecule has 3 N–H and O–H groups in total. The summed E-state index contributed by atoms with van der Waals surface area (Å²) in [5, 5.41) is 24.5. The molecule has 0 spiro atoms. The molecule has 0 bridgehead atoms. The molecule has 0 unspecified atom stereocenters. The van der Waals surface area contributed by atoms with Crippen LogP contribution in [-0.4, -0.2) is 28.6 Å². The lowest BCUT2D eigenvalue weighted by Crippen LogP contribution is -1.92. The number of aromatic nitrogens is 1. The van der Waals surface area contributed by atoms with Crippen LogP contribution in [0.3, 0.4) is 0 Å². The van der Waals surface area contributed by atoms with Crippen LogP contribution >= 0.6 is 0 Å². The number of oxime groups is 1. The molecule has 0 aliphatic rings. The lowest BCUT2D eigenvalue weighted by Gasteiger charge is -2.08. The molecule has 0 radical (unpaired) electrons. The van der Waals surface area contributed by atoms with Crippen LogP contribution in [0, 0.1) is 0 Å². The summed E-state index contributed by atoms with van der Waals surface area (Å²) in [6.45, 7) is 4.03. The monoisotopic (exact) mass is 324 g/mol. The molecule has 0 atom stereocenters. The van der Waals surface area contributed by atoms with E-state index in [-0.39, 0.29) is 5.75 Å². The van der Waals surface area contributed by atoms with Gasteiger partial charge in [0.2, 0.25) is 0 Å². The first-order valence-corrected chi connectivity index (χ1v) is 7.70. The molecule has 1 aromatic heterocycles. The minimum Gasteiger partial charge on any atom is -0.507 e. The maximum atomic E-state index is 10.6.